The summed E-state index contributed by atoms with van der Waals surface area (Å²) in [6, 6.07) is 7.35. The van der Waals surface area contributed by atoms with Gasteiger partial charge in [0.2, 0.25) is 0 Å². The molecule has 0 radical (unpaired) electrons. The Morgan fingerprint density at radius 1 is 1.29 bits per heavy atom. The molecule has 0 aliphatic carbocycles. The zero-order valence-corrected chi connectivity index (χ0v) is 12.8. The van der Waals surface area contributed by atoms with Crippen molar-refractivity contribution in [2.75, 3.05) is 6.61 Å². The summed E-state index contributed by atoms with van der Waals surface area (Å²) in [5, 5.41) is 8.98. The van der Waals surface area contributed by atoms with E-state index in [0.717, 1.165) is 27.5 Å². The van der Waals surface area contributed by atoms with Gasteiger partial charge in [-0.2, -0.15) is 0 Å². The van der Waals surface area contributed by atoms with E-state index in [1.165, 1.54) is 4.57 Å². The van der Waals surface area contributed by atoms with Gasteiger partial charge in [-0.1, -0.05) is 18.3 Å². The number of aromatic nitrogens is 1. The second-order valence-electron chi connectivity index (χ2n) is 4.43. The lowest BCUT2D eigenvalue weighted by Crippen LogP contribution is -2.19. The first-order valence-electron chi connectivity index (χ1n) is 6.74. The number of ether oxygens (including phenoxy) is 1. The molecule has 112 valence electrons. The van der Waals surface area contributed by atoms with E-state index in [1.807, 2.05) is 38.1 Å². The topological polar surface area (TPSA) is 68.5 Å². The number of rotatable bonds is 6. The van der Waals surface area contributed by atoms with Crippen LogP contribution >= 0.6 is 11.3 Å². The maximum atomic E-state index is 12.0. The monoisotopic (exact) mass is 307 g/mol. The Kier molecular flexibility index (Phi) is 4.80. The highest BCUT2D eigenvalue weighted by Crippen LogP contribution is 2.28. The molecule has 5 nitrogen and oxygen atoms in total. The van der Waals surface area contributed by atoms with Crippen LogP contribution in [-0.4, -0.2) is 22.2 Å². The van der Waals surface area contributed by atoms with Crippen LogP contribution in [0.4, 0.5) is 0 Å². The Bertz CT molecular complexity index is 685. The van der Waals surface area contributed by atoms with Crippen molar-refractivity contribution in [3.8, 4) is 17.0 Å². The van der Waals surface area contributed by atoms with Crippen molar-refractivity contribution in [1.82, 2.24) is 4.57 Å². The fraction of sp³-hybridized carbons (Fsp3) is 0.333. The summed E-state index contributed by atoms with van der Waals surface area (Å²) >= 11 is 1.11. The minimum Gasteiger partial charge on any atom is -0.494 e. The summed E-state index contributed by atoms with van der Waals surface area (Å²) in [6.07, 6.45) is 0.690. The van der Waals surface area contributed by atoms with E-state index in [1.54, 1.807) is 0 Å². The fourth-order valence-electron chi connectivity index (χ4n) is 2.16. The Morgan fingerprint density at radius 2 is 1.95 bits per heavy atom. The number of benzene rings is 1. The standard InChI is InChI=1S/C15H17NO4S/c1-3-12-14(16(9-13(17)18)15(19)21-12)10-5-7-11(8-6-10)20-4-2/h5-8H,3-4,9H2,1-2H3,(H,17,18). The lowest BCUT2D eigenvalue weighted by molar-refractivity contribution is -0.137. The number of hydrogen-bond donors (Lipinski definition) is 1. The van der Waals surface area contributed by atoms with Crippen LogP contribution in [0, 0.1) is 0 Å². The van der Waals surface area contributed by atoms with Gasteiger partial charge in [-0.15, -0.1) is 0 Å². The van der Waals surface area contributed by atoms with Crippen LogP contribution < -0.4 is 9.61 Å². The molecule has 0 atom stereocenters. The molecule has 1 heterocycles. The van der Waals surface area contributed by atoms with E-state index in [-0.39, 0.29) is 11.4 Å². The van der Waals surface area contributed by atoms with E-state index < -0.39 is 5.97 Å². The number of thiazole rings is 1. The number of carboxylic acids is 1. The molecule has 0 unspecified atom stereocenters. The maximum Gasteiger partial charge on any atom is 0.323 e. The molecule has 0 saturated carbocycles. The van der Waals surface area contributed by atoms with Gasteiger partial charge < -0.3 is 9.84 Å². The van der Waals surface area contributed by atoms with Crippen LogP contribution in [0.5, 0.6) is 5.75 Å². The molecule has 1 N–H and O–H groups in total. The summed E-state index contributed by atoms with van der Waals surface area (Å²) in [7, 11) is 0. The Hall–Kier alpha value is -2.08. The average molecular weight is 307 g/mol. The third-order valence-corrected chi connectivity index (χ3v) is 4.14. The van der Waals surface area contributed by atoms with Gasteiger partial charge in [0.05, 0.1) is 12.3 Å². The molecular weight excluding hydrogens is 290 g/mol. The number of hydrogen-bond acceptors (Lipinski definition) is 4. The molecule has 1 aromatic carbocycles. The van der Waals surface area contributed by atoms with Gasteiger partial charge in [0.1, 0.15) is 12.3 Å². The summed E-state index contributed by atoms with van der Waals surface area (Å²) in [6.45, 7) is 4.13. The molecule has 21 heavy (non-hydrogen) atoms. The minimum absolute atomic E-state index is 0.238. The van der Waals surface area contributed by atoms with E-state index in [2.05, 4.69) is 0 Å². The molecule has 0 aliphatic rings. The van der Waals surface area contributed by atoms with Gasteiger partial charge in [-0.25, -0.2) is 0 Å². The lowest BCUT2D eigenvalue weighted by atomic mass is 10.1. The molecule has 2 aromatic rings. The van der Waals surface area contributed by atoms with Gasteiger partial charge in [-0.05, 0) is 43.2 Å². The maximum absolute atomic E-state index is 12.0. The van der Waals surface area contributed by atoms with Crippen LogP contribution in [0.2, 0.25) is 0 Å². The zero-order valence-electron chi connectivity index (χ0n) is 12.0. The highest BCUT2D eigenvalue weighted by molar-refractivity contribution is 7.09. The number of carboxylic acid groups (broad SMARTS) is 1. The quantitative estimate of drug-likeness (QED) is 0.890. The predicted molar refractivity (Wildman–Crippen MR) is 82.2 cm³/mol. The molecule has 0 bridgehead atoms. The summed E-state index contributed by atoms with van der Waals surface area (Å²) in [5.74, 6) is -0.272. The van der Waals surface area contributed by atoms with Crippen molar-refractivity contribution < 1.29 is 14.6 Å². The zero-order chi connectivity index (χ0) is 15.4. The van der Waals surface area contributed by atoms with Crippen molar-refractivity contribution in [3.63, 3.8) is 0 Å². The summed E-state index contributed by atoms with van der Waals surface area (Å²) in [4.78, 5) is 23.6. The average Bonchev–Trinajstić information content (AvgIpc) is 2.76. The first-order valence-corrected chi connectivity index (χ1v) is 7.56. The highest BCUT2D eigenvalue weighted by atomic mass is 32.1. The Labute approximate surface area is 126 Å². The normalized spacial score (nSPS) is 10.6. The lowest BCUT2D eigenvalue weighted by Gasteiger charge is -2.09. The molecule has 0 spiro atoms. The molecular formula is C15H17NO4S. The van der Waals surface area contributed by atoms with Crippen molar-refractivity contribution >= 4 is 17.3 Å². The molecule has 2 rings (SSSR count). The number of carbonyl (C=O) groups is 1. The van der Waals surface area contributed by atoms with Crippen molar-refractivity contribution in [3.05, 3.63) is 38.8 Å². The number of nitrogens with zero attached hydrogens (tertiary/aromatic N) is 1. The van der Waals surface area contributed by atoms with Crippen molar-refractivity contribution in [1.29, 1.82) is 0 Å². The van der Waals surface area contributed by atoms with Crippen LogP contribution in [0.1, 0.15) is 18.7 Å². The van der Waals surface area contributed by atoms with Gasteiger partial charge in [0.15, 0.2) is 0 Å². The highest BCUT2D eigenvalue weighted by Gasteiger charge is 2.17. The van der Waals surface area contributed by atoms with Crippen LogP contribution in [0.25, 0.3) is 11.3 Å². The third-order valence-electron chi connectivity index (χ3n) is 3.02. The van der Waals surface area contributed by atoms with Gasteiger partial charge in [-0.3, -0.25) is 14.2 Å². The molecule has 0 amide bonds. The van der Waals surface area contributed by atoms with E-state index in [4.69, 9.17) is 9.84 Å². The van der Waals surface area contributed by atoms with Gasteiger partial charge in [0, 0.05) is 4.88 Å². The fourth-order valence-corrected chi connectivity index (χ4v) is 3.11. The number of aryl methyl sites for hydroxylation is 1. The van der Waals surface area contributed by atoms with Gasteiger partial charge >= 0.3 is 10.8 Å². The largest absolute Gasteiger partial charge is 0.494 e. The van der Waals surface area contributed by atoms with Crippen LogP contribution in [-0.2, 0) is 17.8 Å². The SMILES string of the molecule is CCOc1ccc(-c2c(CC)sc(=O)n2CC(=O)O)cc1. The Morgan fingerprint density at radius 3 is 2.48 bits per heavy atom. The van der Waals surface area contributed by atoms with Crippen LogP contribution in [0.15, 0.2) is 29.1 Å². The van der Waals surface area contributed by atoms with E-state index in [0.29, 0.717) is 18.7 Å². The van der Waals surface area contributed by atoms with E-state index >= 15 is 0 Å². The summed E-state index contributed by atoms with van der Waals surface area (Å²) in [5.41, 5.74) is 1.52. The smallest absolute Gasteiger partial charge is 0.323 e. The molecule has 0 saturated heterocycles. The van der Waals surface area contributed by atoms with E-state index in [9.17, 15) is 9.59 Å². The van der Waals surface area contributed by atoms with Crippen molar-refractivity contribution in [2.24, 2.45) is 0 Å². The number of aliphatic carboxylic acids is 1. The second-order valence-corrected chi connectivity index (χ2v) is 5.48. The van der Waals surface area contributed by atoms with Gasteiger partial charge in [0.25, 0.3) is 0 Å². The third kappa shape index (κ3) is 3.33. The first-order chi connectivity index (χ1) is 10.1. The molecule has 1 aromatic heterocycles. The van der Waals surface area contributed by atoms with Crippen molar-refractivity contribution in [2.45, 2.75) is 26.8 Å². The predicted octanol–water partition coefficient (Wildman–Crippen LogP) is 2.62. The second kappa shape index (κ2) is 6.58. The van der Waals surface area contributed by atoms with Crippen LogP contribution in [0.3, 0.4) is 0 Å². The molecule has 6 heteroatoms. The molecule has 0 aliphatic heterocycles. The first kappa shape index (κ1) is 15.3. The summed E-state index contributed by atoms with van der Waals surface area (Å²) < 4.78 is 6.71. The minimum atomic E-state index is -1.02. The molecule has 0 fully saturated rings. The Balaban J connectivity index is 2.50.